The van der Waals surface area contributed by atoms with Crippen LogP contribution in [-0.4, -0.2) is 50.8 Å². The summed E-state index contributed by atoms with van der Waals surface area (Å²) in [5.74, 6) is 0.0135. The van der Waals surface area contributed by atoms with Gasteiger partial charge in [-0.3, -0.25) is 9.59 Å². The zero-order valence-electron chi connectivity index (χ0n) is 21.5. The molecule has 0 unspecified atom stereocenters. The van der Waals surface area contributed by atoms with Gasteiger partial charge in [-0.15, -0.1) is 16.4 Å². The lowest BCUT2D eigenvalue weighted by Gasteiger charge is -2.32. The quantitative estimate of drug-likeness (QED) is 0.238. The van der Waals surface area contributed by atoms with Crippen molar-refractivity contribution < 1.29 is 14.0 Å². The Kier molecular flexibility index (Phi) is 7.61. The van der Waals surface area contributed by atoms with Crippen molar-refractivity contribution in [2.45, 2.75) is 25.4 Å². The summed E-state index contributed by atoms with van der Waals surface area (Å²) in [6, 6.07) is 25.4. The predicted molar refractivity (Wildman–Crippen MR) is 157 cm³/mol. The van der Waals surface area contributed by atoms with E-state index in [9.17, 15) is 9.59 Å². The van der Waals surface area contributed by atoms with Gasteiger partial charge in [-0.05, 0) is 70.2 Å². The first kappa shape index (κ1) is 26.2. The number of likely N-dealkylation sites (tertiary alicyclic amines) is 1. The van der Waals surface area contributed by atoms with Gasteiger partial charge in [0, 0.05) is 29.6 Å². The van der Waals surface area contributed by atoms with Gasteiger partial charge in [-0.1, -0.05) is 53.7 Å². The lowest BCUT2D eigenvalue weighted by molar-refractivity contribution is 0.0694. The topological polar surface area (TPSA) is 93.3 Å². The van der Waals surface area contributed by atoms with E-state index in [4.69, 9.17) is 4.42 Å². The second kappa shape index (κ2) is 11.6. The molecule has 1 saturated heterocycles. The Morgan fingerprint density at radius 2 is 1.70 bits per heavy atom. The number of amides is 2. The molecule has 0 aliphatic carbocycles. The standard InChI is InChI=1S/C30H26BrN5O3S/c31-28-13-10-25(39-28)29(37)32-22-14-16-35(17-15-22)30(38)23-9-5-4-8-21(23)18-36-19-24(33-34-36)27-12-11-26(40-27)20-6-2-1-3-7-20/h1-13,19,22H,14-18H2,(H,32,37). The highest BCUT2D eigenvalue weighted by atomic mass is 79.9. The van der Waals surface area contributed by atoms with Gasteiger partial charge in [-0.25, -0.2) is 4.68 Å². The van der Waals surface area contributed by atoms with E-state index in [1.807, 2.05) is 53.6 Å². The summed E-state index contributed by atoms with van der Waals surface area (Å²) in [7, 11) is 0. The van der Waals surface area contributed by atoms with Gasteiger partial charge < -0.3 is 14.6 Å². The molecule has 8 nitrogen and oxygen atoms in total. The molecule has 6 rings (SSSR count). The monoisotopic (exact) mass is 615 g/mol. The Bertz CT molecular complexity index is 1640. The highest BCUT2D eigenvalue weighted by Gasteiger charge is 2.26. The average molecular weight is 617 g/mol. The molecule has 202 valence electrons. The number of nitrogens with one attached hydrogen (secondary N) is 1. The summed E-state index contributed by atoms with van der Waals surface area (Å²) >= 11 is 4.90. The fourth-order valence-corrected chi connectivity index (χ4v) is 6.12. The van der Waals surface area contributed by atoms with Crippen LogP contribution in [0, 0.1) is 0 Å². The van der Waals surface area contributed by atoms with Crippen LogP contribution in [-0.2, 0) is 6.54 Å². The van der Waals surface area contributed by atoms with E-state index in [-0.39, 0.29) is 23.6 Å². The molecule has 1 aliphatic heterocycles. The van der Waals surface area contributed by atoms with Gasteiger partial charge in [0.25, 0.3) is 11.8 Å². The molecule has 0 atom stereocenters. The van der Waals surface area contributed by atoms with Crippen molar-refractivity contribution in [2.75, 3.05) is 13.1 Å². The normalized spacial score (nSPS) is 13.9. The molecule has 0 radical (unpaired) electrons. The minimum Gasteiger partial charge on any atom is -0.444 e. The van der Waals surface area contributed by atoms with E-state index in [0.717, 1.165) is 16.1 Å². The number of carbonyl (C=O) groups is 2. The molecule has 1 aliphatic rings. The molecule has 10 heteroatoms. The zero-order valence-corrected chi connectivity index (χ0v) is 23.9. The zero-order chi connectivity index (χ0) is 27.5. The number of rotatable bonds is 7. The fraction of sp³-hybridized carbons (Fsp3) is 0.200. The van der Waals surface area contributed by atoms with Crippen LogP contribution >= 0.6 is 27.3 Å². The lowest BCUT2D eigenvalue weighted by atomic mass is 10.0. The van der Waals surface area contributed by atoms with E-state index >= 15 is 0 Å². The highest BCUT2D eigenvalue weighted by Crippen LogP contribution is 2.33. The van der Waals surface area contributed by atoms with Gasteiger partial charge in [0.1, 0.15) is 5.69 Å². The van der Waals surface area contributed by atoms with Crippen molar-refractivity contribution in [3.05, 3.63) is 107 Å². The minimum absolute atomic E-state index is 0.0103. The maximum Gasteiger partial charge on any atom is 0.287 e. The van der Waals surface area contributed by atoms with E-state index in [1.165, 1.54) is 10.4 Å². The van der Waals surface area contributed by atoms with E-state index in [1.54, 1.807) is 28.2 Å². The Labute approximate surface area is 243 Å². The van der Waals surface area contributed by atoms with Crippen LogP contribution in [0.1, 0.15) is 39.3 Å². The maximum atomic E-state index is 13.5. The third-order valence-electron chi connectivity index (χ3n) is 6.95. The first-order valence-electron chi connectivity index (χ1n) is 13.0. The molecule has 0 saturated carbocycles. The Hall–Kier alpha value is -4.02. The van der Waals surface area contributed by atoms with Crippen LogP contribution < -0.4 is 5.32 Å². The van der Waals surface area contributed by atoms with Crippen LogP contribution in [0.3, 0.4) is 0 Å². The summed E-state index contributed by atoms with van der Waals surface area (Å²) in [6.45, 7) is 1.57. The number of furan rings is 1. The van der Waals surface area contributed by atoms with Crippen LogP contribution in [0.15, 0.2) is 94.1 Å². The van der Waals surface area contributed by atoms with Gasteiger partial charge in [0.15, 0.2) is 10.4 Å². The summed E-state index contributed by atoms with van der Waals surface area (Å²) in [5.41, 5.74) is 3.53. The second-order valence-electron chi connectivity index (χ2n) is 9.63. The number of thiophene rings is 1. The summed E-state index contributed by atoms with van der Waals surface area (Å²) in [6.07, 6.45) is 3.28. The molecular weight excluding hydrogens is 590 g/mol. The van der Waals surface area contributed by atoms with Crippen LogP contribution in [0.2, 0.25) is 0 Å². The smallest absolute Gasteiger partial charge is 0.287 e. The second-order valence-corrected chi connectivity index (χ2v) is 11.5. The molecule has 0 spiro atoms. The molecule has 0 bridgehead atoms. The minimum atomic E-state index is -0.244. The van der Waals surface area contributed by atoms with Gasteiger partial charge in [0.05, 0.1) is 17.6 Å². The van der Waals surface area contributed by atoms with Crippen molar-refractivity contribution in [3.63, 3.8) is 0 Å². The number of aromatic nitrogens is 3. The summed E-state index contributed by atoms with van der Waals surface area (Å²) in [4.78, 5) is 30.0. The fourth-order valence-electron chi connectivity index (χ4n) is 4.85. The average Bonchev–Trinajstić information content (AvgIpc) is 3.75. The highest BCUT2D eigenvalue weighted by molar-refractivity contribution is 9.10. The number of nitrogens with zero attached hydrogens (tertiary/aromatic N) is 4. The number of hydrogen-bond acceptors (Lipinski definition) is 6. The van der Waals surface area contributed by atoms with Crippen molar-refractivity contribution >= 4 is 39.1 Å². The Balaban J connectivity index is 1.09. The SMILES string of the molecule is O=C(NC1CCN(C(=O)c2ccccc2Cn2cc(-c3ccc(-c4ccccc4)s3)nn2)CC1)c1ccc(Br)o1. The van der Waals surface area contributed by atoms with Crippen LogP contribution in [0.4, 0.5) is 0 Å². The summed E-state index contributed by atoms with van der Waals surface area (Å²) in [5, 5.41) is 11.7. The third-order valence-corrected chi connectivity index (χ3v) is 8.53. The van der Waals surface area contributed by atoms with Crippen molar-refractivity contribution in [1.29, 1.82) is 0 Å². The molecule has 4 heterocycles. The van der Waals surface area contributed by atoms with Crippen molar-refractivity contribution in [1.82, 2.24) is 25.2 Å². The van der Waals surface area contributed by atoms with Gasteiger partial charge in [0.2, 0.25) is 0 Å². The molecule has 3 aromatic heterocycles. The molecule has 40 heavy (non-hydrogen) atoms. The third kappa shape index (κ3) is 5.78. The van der Waals surface area contributed by atoms with E-state index in [0.29, 0.717) is 42.7 Å². The number of halogens is 1. The van der Waals surface area contributed by atoms with E-state index in [2.05, 4.69) is 55.8 Å². The van der Waals surface area contributed by atoms with E-state index < -0.39 is 0 Å². The molecule has 1 fully saturated rings. The first-order chi connectivity index (χ1) is 19.5. The molecule has 2 aromatic carbocycles. The van der Waals surface area contributed by atoms with Crippen LogP contribution in [0.5, 0.6) is 0 Å². The van der Waals surface area contributed by atoms with Crippen LogP contribution in [0.25, 0.3) is 21.0 Å². The molecular formula is C30H26BrN5O3S. The molecule has 2 amide bonds. The lowest BCUT2D eigenvalue weighted by Crippen LogP contribution is -2.46. The summed E-state index contributed by atoms with van der Waals surface area (Å²) < 4.78 is 7.63. The largest absolute Gasteiger partial charge is 0.444 e. The van der Waals surface area contributed by atoms with Crippen molar-refractivity contribution in [3.8, 4) is 21.0 Å². The number of carbonyl (C=O) groups excluding carboxylic acids is 2. The first-order valence-corrected chi connectivity index (χ1v) is 14.6. The van der Waals surface area contributed by atoms with Crippen molar-refractivity contribution in [2.24, 2.45) is 0 Å². The molecule has 5 aromatic rings. The Morgan fingerprint density at radius 3 is 2.48 bits per heavy atom. The Morgan fingerprint density at radius 1 is 0.950 bits per heavy atom. The maximum absolute atomic E-state index is 13.5. The molecule has 1 N–H and O–H groups in total. The van der Waals surface area contributed by atoms with Gasteiger partial charge >= 0.3 is 0 Å². The number of benzene rings is 2. The number of piperidine rings is 1. The predicted octanol–water partition coefficient (Wildman–Crippen LogP) is 6.11. The van der Waals surface area contributed by atoms with Gasteiger partial charge in [-0.2, -0.15) is 0 Å². The number of hydrogen-bond donors (Lipinski definition) is 1.